The monoisotopic (exact) mass is 407 g/mol. The SMILES string of the molecule is Cn1c(NCCN(CCO)CCCc2ccc([NH+]([O-])O)cc2)cc(=O)n(C)c1=O. The van der Waals surface area contributed by atoms with Crippen LogP contribution < -0.4 is 21.8 Å². The van der Waals surface area contributed by atoms with E-state index in [0.29, 0.717) is 25.5 Å². The minimum Gasteiger partial charge on any atom is -0.595 e. The van der Waals surface area contributed by atoms with E-state index < -0.39 is 5.23 Å². The number of nitrogens with one attached hydrogen (secondary N) is 2. The Kier molecular flexibility index (Phi) is 8.55. The highest BCUT2D eigenvalue weighted by atomic mass is 16.8. The molecule has 1 atom stereocenters. The number of benzene rings is 1. The fourth-order valence-corrected chi connectivity index (χ4v) is 3.04. The van der Waals surface area contributed by atoms with Gasteiger partial charge in [-0.1, -0.05) is 12.1 Å². The molecule has 0 spiro atoms. The fourth-order valence-electron chi connectivity index (χ4n) is 3.04. The number of hydrogen-bond acceptors (Lipinski definition) is 7. The molecule has 0 aliphatic carbocycles. The molecule has 29 heavy (non-hydrogen) atoms. The molecule has 1 aromatic heterocycles. The smallest absolute Gasteiger partial charge is 0.332 e. The summed E-state index contributed by atoms with van der Waals surface area (Å²) in [6.07, 6.45) is 1.66. The summed E-state index contributed by atoms with van der Waals surface area (Å²) in [4.78, 5) is 25.8. The number of rotatable bonds is 11. The zero-order valence-corrected chi connectivity index (χ0v) is 16.8. The third kappa shape index (κ3) is 6.51. The number of hydrogen-bond donors (Lipinski definition) is 4. The molecule has 0 radical (unpaired) electrons. The molecule has 10 heteroatoms. The van der Waals surface area contributed by atoms with Gasteiger partial charge in [-0.25, -0.2) is 10.0 Å². The van der Waals surface area contributed by atoms with E-state index in [4.69, 9.17) is 5.21 Å². The third-order valence-corrected chi connectivity index (χ3v) is 4.82. The van der Waals surface area contributed by atoms with Gasteiger partial charge in [-0.2, -0.15) is 5.23 Å². The van der Waals surface area contributed by atoms with Crippen LogP contribution in [0.5, 0.6) is 0 Å². The lowest BCUT2D eigenvalue weighted by molar-refractivity contribution is -0.991. The van der Waals surface area contributed by atoms with E-state index in [-0.39, 0.29) is 23.5 Å². The highest BCUT2D eigenvalue weighted by molar-refractivity contribution is 5.34. The quantitative estimate of drug-likeness (QED) is 0.346. The largest absolute Gasteiger partial charge is 0.595 e. The molecule has 4 N–H and O–H groups in total. The maximum absolute atomic E-state index is 12.0. The van der Waals surface area contributed by atoms with Crippen LogP contribution in [0.1, 0.15) is 12.0 Å². The third-order valence-electron chi connectivity index (χ3n) is 4.82. The van der Waals surface area contributed by atoms with Crippen molar-refractivity contribution in [3.8, 4) is 0 Å². The van der Waals surface area contributed by atoms with Crippen molar-refractivity contribution in [3.63, 3.8) is 0 Å². The lowest BCUT2D eigenvalue weighted by atomic mass is 10.1. The van der Waals surface area contributed by atoms with Gasteiger partial charge >= 0.3 is 5.69 Å². The van der Waals surface area contributed by atoms with Crippen molar-refractivity contribution in [1.82, 2.24) is 14.0 Å². The Labute approximate surface area is 168 Å². The maximum Gasteiger partial charge on any atom is 0.332 e. The number of aromatic nitrogens is 2. The van der Waals surface area contributed by atoms with Crippen LogP contribution in [0.15, 0.2) is 39.9 Å². The highest BCUT2D eigenvalue weighted by Gasteiger charge is 2.08. The van der Waals surface area contributed by atoms with Crippen molar-refractivity contribution in [1.29, 1.82) is 0 Å². The molecule has 2 aromatic rings. The van der Waals surface area contributed by atoms with Crippen LogP contribution in [0.2, 0.25) is 0 Å². The maximum atomic E-state index is 12.0. The number of aliphatic hydroxyl groups excluding tert-OH is 1. The topological polar surface area (TPSA) is 127 Å². The van der Waals surface area contributed by atoms with Gasteiger partial charge in [-0.3, -0.25) is 18.8 Å². The van der Waals surface area contributed by atoms with Crippen molar-refractivity contribution in [2.24, 2.45) is 14.1 Å². The number of aryl methyl sites for hydroxylation is 1. The van der Waals surface area contributed by atoms with Gasteiger partial charge in [-0.05, 0) is 24.9 Å². The minimum atomic E-state index is -0.938. The molecule has 0 aliphatic rings. The second-order valence-corrected chi connectivity index (χ2v) is 6.87. The normalized spacial score (nSPS) is 12.3. The summed E-state index contributed by atoms with van der Waals surface area (Å²) in [5, 5.41) is 31.3. The molecule has 0 fully saturated rings. The van der Waals surface area contributed by atoms with Crippen molar-refractivity contribution >= 4 is 11.5 Å². The minimum absolute atomic E-state index is 0.0394. The molecule has 1 unspecified atom stereocenters. The van der Waals surface area contributed by atoms with Gasteiger partial charge in [0.1, 0.15) is 5.82 Å². The first kappa shape index (κ1) is 22.8. The number of anilines is 1. The second-order valence-electron chi connectivity index (χ2n) is 6.87. The lowest BCUT2D eigenvalue weighted by Gasteiger charge is -2.22. The van der Waals surface area contributed by atoms with Gasteiger partial charge in [0.05, 0.1) is 6.61 Å². The summed E-state index contributed by atoms with van der Waals surface area (Å²) in [6.45, 7) is 2.49. The molecule has 1 heterocycles. The van der Waals surface area contributed by atoms with Crippen molar-refractivity contribution in [2.45, 2.75) is 12.8 Å². The van der Waals surface area contributed by atoms with Crippen LogP contribution in [-0.2, 0) is 20.5 Å². The van der Waals surface area contributed by atoms with E-state index in [0.717, 1.165) is 29.5 Å². The molecule has 0 saturated heterocycles. The molecule has 0 bridgehead atoms. The lowest BCUT2D eigenvalue weighted by Crippen LogP contribution is -2.99. The molecule has 10 nitrogen and oxygen atoms in total. The Balaban J connectivity index is 1.84. The molecule has 0 amide bonds. The highest BCUT2D eigenvalue weighted by Crippen LogP contribution is 2.08. The number of aliphatic hydroxyl groups is 1. The summed E-state index contributed by atoms with van der Waals surface area (Å²) < 4.78 is 2.44. The van der Waals surface area contributed by atoms with Crippen LogP contribution in [0.25, 0.3) is 0 Å². The number of nitrogens with zero attached hydrogens (tertiary/aromatic N) is 3. The van der Waals surface area contributed by atoms with Gasteiger partial charge in [0, 0.05) is 51.9 Å². The van der Waals surface area contributed by atoms with Crippen molar-refractivity contribution < 1.29 is 15.5 Å². The van der Waals surface area contributed by atoms with Crippen molar-refractivity contribution in [3.05, 3.63) is 61.9 Å². The molecule has 0 aliphatic heterocycles. The fraction of sp³-hybridized carbons (Fsp3) is 0.474. The Bertz CT molecular complexity index is 891. The Hall–Kier alpha value is -2.50. The second kappa shape index (κ2) is 10.9. The molecular formula is C19H29N5O5. The molecule has 2 rings (SSSR count). The van der Waals surface area contributed by atoms with E-state index >= 15 is 0 Å². The Morgan fingerprint density at radius 2 is 1.79 bits per heavy atom. The van der Waals surface area contributed by atoms with Crippen LogP contribution in [0, 0.1) is 5.21 Å². The standard InChI is InChI=1S/C19H29N5O5/c1-21-17(14-18(26)22(2)19(21)27)20-9-11-23(12-13-25)10-3-4-15-5-7-16(8-6-15)24(28)29/h5-8,14,20,24-25,28H,3-4,9-13H2,1-2H3. The van der Waals surface area contributed by atoms with Gasteiger partial charge in [-0.15, -0.1) is 0 Å². The molecule has 0 saturated carbocycles. The van der Waals surface area contributed by atoms with Crippen LogP contribution in [0.4, 0.5) is 11.5 Å². The predicted octanol–water partition coefficient (Wildman–Crippen LogP) is -1.17. The van der Waals surface area contributed by atoms with Crippen LogP contribution >= 0.6 is 0 Å². The van der Waals surface area contributed by atoms with Gasteiger partial charge in [0.15, 0.2) is 5.69 Å². The summed E-state index contributed by atoms with van der Waals surface area (Å²) >= 11 is 0. The summed E-state index contributed by atoms with van der Waals surface area (Å²) in [5.41, 5.74) is 0.580. The van der Waals surface area contributed by atoms with E-state index in [9.17, 15) is 19.9 Å². The predicted molar refractivity (Wildman–Crippen MR) is 109 cm³/mol. The van der Waals surface area contributed by atoms with Gasteiger partial charge < -0.3 is 15.6 Å². The summed E-state index contributed by atoms with van der Waals surface area (Å²) in [5.74, 6) is 0.459. The van der Waals surface area contributed by atoms with E-state index in [1.165, 1.54) is 17.7 Å². The number of quaternary nitrogens is 1. The zero-order valence-electron chi connectivity index (χ0n) is 16.8. The first-order valence-corrected chi connectivity index (χ1v) is 9.50. The summed E-state index contributed by atoms with van der Waals surface area (Å²) in [6, 6.07) is 8.22. The van der Waals surface area contributed by atoms with Crippen LogP contribution in [-0.4, -0.2) is 57.1 Å². The average Bonchev–Trinajstić information content (AvgIpc) is 2.70. The molecule has 160 valence electrons. The first-order chi connectivity index (χ1) is 13.8. The van der Waals surface area contributed by atoms with E-state index in [2.05, 4.69) is 10.2 Å². The Morgan fingerprint density at radius 1 is 1.10 bits per heavy atom. The van der Waals surface area contributed by atoms with E-state index in [1.807, 2.05) is 12.1 Å². The molecule has 1 aromatic carbocycles. The summed E-state index contributed by atoms with van der Waals surface area (Å²) in [7, 11) is 3.04. The van der Waals surface area contributed by atoms with Crippen LogP contribution in [0.3, 0.4) is 0 Å². The zero-order chi connectivity index (χ0) is 21.4. The average molecular weight is 407 g/mol. The Morgan fingerprint density at radius 3 is 2.41 bits per heavy atom. The first-order valence-electron chi connectivity index (χ1n) is 9.50. The molecular weight excluding hydrogens is 378 g/mol. The van der Waals surface area contributed by atoms with E-state index in [1.54, 1.807) is 19.2 Å². The van der Waals surface area contributed by atoms with Gasteiger partial charge in [0.2, 0.25) is 0 Å². The van der Waals surface area contributed by atoms with Gasteiger partial charge in [0.25, 0.3) is 5.56 Å². The van der Waals surface area contributed by atoms with Crippen molar-refractivity contribution in [2.75, 3.05) is 38.1 Å².